The molecule has 0 saturated heterocycles. The quantitative estimate of drug-likeness (QED) is 0.683. The van der Waals surface area contributed by atoms with E-state index < -0.39 is 5.97 Å². The first kappa shape index (κ1) is 19.6. The number of hydrogen-bond acceptors (Lipinski definition) is 6. The molecule has 0 bridgehead atoms. The van der Waals surface area contributed by atoms with E-state index in [-0.39, 0.29) is 30.6 Å². The Morgan fingerprint density at radius 1 is 1.15 bits per heavy atom. The molecule has 0 spiro atoms. The SMILES string of the molecule is Cc1ncc(-c2ccnc(Nc3ccc(C(=O)O)nc3)n2)n1C(C)C.[LiH]. The van der Waals surface area contributed by atoms with Crippen LogP contribution in [0.25, 0.3) is 11.4 Å². The summed E-state index contributed by atoms with van der Waals surface area (Å²) in [4.78, 5) is 27.8. The van der Waals surface area contributed by atoms with Gasteiger partial charge in [-0.15, -0.1) is 0 Å². The second-order valence-corrected chi connectivity index (χ2v) is 5.78. The minimum absolute atomic E-state index is 0. The molecular weight excluding hydrogens is 327 g/mol. The van der Waals surface area contributed by atoms with Crippen LogP contribution in [-0.2, 0) is 0 Å². The Balaban J connectivity index is 0.00000243. The van der Waals surface area contributed by atoms with E-state index in [1.54, 1.807) is 18.5 Å². The van der Waals surface area contributed by atoms with Gasteiger partial charge in [-0.25, -0.2) is 24.7 Å². The van der Waals surface area contributed by atoms with E-state index in [0.29, 0.717) is 11.6 Å². The minimum atomic E-state index is -1.07. The molecule has 0 fully saturated rings. The van der Waals surface area contributed by atoms with Gasteiger partial charge >= 0.3 is 24.8 Å². The third kappa shape index (κ3) is 4.10. The molecule has 0 aliphatic carbocycles. The van der Waals surface area contributed by atoms with Crippen molar-refractivity contribution in [3.63, 3.8) is 0 Å². The van der Waals surface area contributed by atoms with E-state index in [0.717, 1.165) is 17.2 Å². The molecular formula is C17H19LiN6O2. The zero-order valence-corrected chi connectivity index (χ0v) is 14.1. The number of nitrogens with zero attached hydrogens (tertiary/aromatic N) is 5. The van der Waals surface area contributed by atoms with Crippen LogP contribution >= 0.6 is 0 Å². The number of anilines is 2. The van der Waals surface area contributed by atoms with Gasteiger partial charge in [0.25, 0.3) is 0 Å². The van der Waals surface area contributed by atoms with Gasteiger partial charge in [-0.05, 0) is 39.0 Å². The molecule has 0 unspecified atom stereocenters. The molecule has 3 aromatic rings. The fraction of sp³-hybridized carbons (Fsp3) is 0.235. The molecule has 130 valence electrons. The first-order valence-electron chi connectivity index (χ1n) is 7.79. The van der Waals surface area contributed by atoms with Gasteiger partial charge in [0.05, 0.1) is 29.5 Å². The van der Waals surface area contributed by atoms with Crippen LogP contribution in [-0.4, -0.2) is 54.4 Å². The first-order chi connectivity index (χ1) is 12.0. The van der Waals surface area contributed by atoms with E-state index >= 15 is 0 Å². The molecule has 8 nitrogen and oxygen atoms in total. The van der Waals surface area contributed by atoms with Gasteiger partial charge in [-0.1, -0.05) is 0 Å². The number of carbonyl (C=O) groups is 1. The van der Waals surface area contributed by atoms with Crippen LogP contribution < -0.4 is 5.32 Å². The van der Waals surface area contributed by atoms with Gasteiger partial charge in [-0.3, -0.25) is 0 Å². The molecule has 0 aliphatic heterocycles. The molecule has 2 N–H and O–H groups in total. The number of rotatable bonds is 5. The molecule has 9 heteroatoms. The Hall–Kier alpha value is -2.69. The zero-order valence-electron chi connectivity index (χ0n) is 14.1. The summed E-state index contributed by atoms with van der Waals surface area (Å²) in [5, 5.41) is 11.9. The summed E-state index contributed by atoms with van der Waals surface area (Å²) >= 11 is 0. The van der Waals surface area contributed by atoms with Crippen LogP contribution in [0.2, 0.25) is 0 Å². The van der Waals surface area contributed by atoms with Gasteiger partial charge < -0.3 is 15.0 Å². The summed E-state index contributed by atoms with van der Waals surface area (Å²) in [6.07, 6.45) is 4.89. The second kappa shape index (κ2) is 8.12. The van der Waals surface area contributed by atoms with Gasteiger partial charge in [-0.2, -0.15) is 0 Å². The average molecular weight is 346 g/mol. The molecule has 0 atom stereocenters. The van der Waals surface area contributed by atoms with Crippen molar-refractivity contribution in [2.45, 2.75) is 26.8 Å². The number of aryl methyl sites for hydroxylation is 1. The molecule has 0 saturated carbocycles. The van der Waals surface area contributed by atoms with E-state index in [1.165, 1.54) is 12.3 Å². The number of pyridine rings is 1. The Morgan fingerprint density at radius 2 is 1.92 bits per heavy atom. The molecule has 0 radical (unpaired) electrons. The number of aromatic carboxylic acids is 1. The van der Waals surface area contributed by atoms with Gasteiger partial charge in [0.2, 0.25) is 5.95 Å². The van der Waals surface area contributed by atoms with Crippen molar-refractivity contribution >= 4 is 36.5 Å². The Labute approximate surface area is 162 Å². The predicted octanol–water partition coefficient (Wildman–Crippen LogP) is 2.42. The summed E-state index contributed by atoms with van der Waals surface area (Å²) in [6, 6.07) is 5.13. The van der Waals surface area contributed by atoms with Crippen LogP contribution in [0.4, 0.5) is 11.6 Å². The van der Waals surface area contributed by atoms with Crippen molar-refractivity contribution in [2.24, 2.45) is 0 Å². The van der Waals surface area contributed by atoms with E-state index in [1.807, 2.05) is 13.0 Å². The predicted molar refractivity (Wildman–Crippen MR) is 100 cm³/mol. The standard InChI is InChI=1S/C17H18N6O2.Li.H/c1-10(2)23-11(3)19-9-15(23)13-6-7-18-17(22-13)21-12-4-5-14(16(24)25)20-8-12;;/h4-10H,1-3H3,(H,24,25)(H,18,21,22);;. The third-order valence-corrected chi connectivity index (χ3v) is 3.65. The van der Waals surface area contributed by atoms with Crippen molar-refractivity contribution in [2.75, 3.05) is 5.32 Å². The van der Waals surface area contributed by atoms with E-state index in [9.17, 15) is 4.79 Å². The average Bonchev–Trinajstić information content (AvgIpc) is 2.97. The summed E-state index contributed by atoms with van der Waals surface area (Å²) in [6.45, 7) is 6.14. The molecule has 3 aromatic heterocycles. The maximum absolute atomic E-state index is 10.8. The third-order valence-electron chi connectivity index (χ3n) is 3.65. The molecule has 3 rings (SSSR count). The maximum atomic E-state index is 10.8. The van der Waals surface area contributed by atoms with Crippen LogP contribution in [0.15, 0.2) is 36.8 Å². The summed E-state index contributed by atoms with van der Waals surface area (Å²) in [7, 11) is 0. The van der Waals surface area contributed by atoms with Crippen molar-refractivity contribution in [3.05, 3.63) is 48.3 Å². The normalized spacial score (nSPS) is 10.5. The number of carboxylic acid groups (broad SMARTS) is 1. The number of imidazole rings is 1. The Bertz CT molecular complexity index is 908. The zero-order chi connectivity index (χ0) is 18.0. The fourth-order valence-electron chi connectivity index (χ4n) is 2.58. The van der Waals surface area contributed by atoms with Crippen LogP contribution in [0.1, 0.15) is 36.2 Å². The molecule has 3 heterocycles. The van der Waals surface area contributed by atoms with Crippen LogP contribution in [0.3, 0.4) is 0 Å². The van der Waals surface area contributed by atoms with Crippen LogP contribution in [0.5, 0.6) is 0 Å². The summed E-state index contributed by atoms with van der Waals surface area (Å²) in [5.41, 5.74) is 2.26. The van der Waals surface area contributed by atoms with Crippen molar-refractivity contribution in [1.82, 2.24) is 24.5 Å². The summed E-state index contributed by atoms with van der Waals surface area (Å²) in [5.74, 6) is 0.255. The number of carboxylic acids is 1. The first-order valence-corrected chi connectivity index (χ1v) is 7.79. The van der Waals surface area contributed by atoms with Crippen LogP contribution in [0, 0.1) is 6.92 Å². The number of aromatic nitrogens is 5. The Kier molecular flexibility index (Phi) is 6.13. The van der Waals surface area contributed by atoms with Gasteiger partial charge in [0.15, 0.2) is 0 Å². The molecule has 26 heavy (non-hydrogen) atoms. The number of nitrogens with one attached hydrogen (secondary N) is 1. The molecule has 0 aliphatic rings. The fourth-order valence-corrected chi connectivity index (χ4v) is 2.58. The number of hydrogen-bond donors (Lipinski definition) is 2. The topological polar surface area (TPSA) is 106 Å². The van der Waals surface area contributed by atoms with E-state index in [4.69, 9.17) is 5.11 Å². The van der Waals surface area contributed by atoms with Gasteiger partial charge in [0.1, 0.15) is 11.5 Å². The molecule has 0 aromatic carbocycles. The van der Waals surface area contributed by atoms with Crippen molar-refractivity contribution in [1.29, 1.82) is 0 Å². The Morgan fingerprint density at radius 3 is 2.54 bits per heavy atom. The molecule has 0 amide bonds. The van der Waals surface area contributed by atoms with Gasteiger partial charge in [0, 0.05) is 12.2 Å². The van der Waals surface area contributed by atoms with Crippen molar-refractivity contribution in [3.8, 4) is 11.4 Å². The summed E-state index contributed by atoms with van der Waals surface area (Å²) < 4.78 is 2.11. The second-order valence-electron chi connectivity index (χ2n) is 5.78. The van der Waals surface area contributed by atoms with Crippen molar-refractivity contribution < 1.29 is 9.90 Å². The monoisotopic (exact) mass is 346 g/mol. The van der Waals surface area contributed by atoms with E-state index in [2.05, 4.69) is 43.7 Å².